The summed E-state index contributed by atoms with van der Waals surface area (Å²) in [6, 6.07) is 0. The van der Waals surface area contributed by atoms with Crippen LogP contribution in [-0.4, -0.2) is 44.5 Å². The molecule has 0 spiro atoms. The molecule has 1 unspecified atom stereocenters. The van der Waals surface area contributed by atoms with Gasteiger partial charge in [0.1, 0.15) is 4.83 Å². The molecular formula is C23H31N3O4S. The smallest absolute Gasteiger partial charge is 0.306 e. The van der Waals surface area contributed by atoms with Crippen molar-refractivity contribution in [2.75, 3.05) is 13.1 Å². The number of nitrogens with zero attached hydrogens (tertiary/aromatic N) is 3. The van der Waals surface area contributed by atoms with Gasteiger partial charge in [-0.15, -0.1) is 11.3 Å². The van der Waals surface area contributed by atoms with Gasteiger partial charge in [-0.05, 0) is 49.0 Å². The largest absolute Gasteiger partial charge is 0.481 e. The Morgan fingerprint density at radius 3 is 2.58 bits per heavy atom. The number of piperidine rings is 1. The maximum absolute atomic E-state index is 13.2. The second kappa shape index (κ2) is 8.37. The Morgan fingerprint density at radius 1 is 1.23 bits per heavy atom. The number of amides is 1. The van der Waals surface area contributed by atoms with Crippen LogP contribution in [0, 0.1) is 17.3 Å². The summed E-state index contributed by atoms with van der Waals surface area (Å²) in [7, 11) is 0. The summed E-state index contributed by atoms with van der Waals surface area (Å²) in [6.45, 7) is 8.08. The molecular weight excluding hydrogens is 414 g/mol. The van der Waals surface area contributed by atoms with Gasteiger partial charge in [0.15, 0.2) is 0 Å². The fourth-order valence-corrected chi connectivity index (χ4v) is 6.11. The Bertz CT molecular complexity index is 1060. The molecule has 0 aromatic carbocycles. The van der Waals surface area contributed by atoms with Gasteiger partial charge >= 0.3 is 5.97 Å². The topological polar surface area (TPSA) is 92.5 Å². The molecule has 7 nitrogen and oxygen atoms in total. The number of hydrogen-bond donors (Lipinski definition) is 1. The van der Waals surface area contributed by atoms with Crippen molar-refractivity contribution in [1.29, 1.82) is 0 Å². The molecule has 2 aliphatic rings. The molecule has 2 aromatic rings. The molecule has 8 heteroatoms. The minimum atomic E-state index is -0.786. The van der Waals surface area contributed by atoms with E-state index < -0.39 is 5.97 Å². The summed E-state index contributed by atoms with van der Waals surface area (Å²) in [6.07, 6.45) is 5.78. The number of hydrogen-bond acceptors (Lipinski definition) is 5. The van der Waals surface area contributed by atoms with Crippen molar-refractivity contribution in [3.05, 3.63) is 27.1 Å². The molecule has 1 N–H and O–H groups in total. The number of rotatable bonds is 4. The number of likely N-dealkylation sites (tertiary alicyclic amines) is 1. The zero-order valence-electron chi connectivity index (χ0n) is 18.5. The maximum Gasteiger partial charge on any atom is 0.306 e. The van der Waals surface area contributed by atoms with Gasteiger partial charge in [0, 0.05) is 30.9 Å². The lowest BCUT2D eigenvalue weighted by molar-refractivity contribution is -0.145. The van der Waals surface area contributed by atoms with Gasteiger partial charge in [-0.3, -0.25) is 19.0 Å². The zero-order chi connectivity index (χ0) is 22.3. The van der Waals surface area contributed by atoms with E-state index in [1.165, 1.54) is 4.88 Å². The second-order valence-corrected chi connectivity index (χ2v) is 11.1. The molecule has 4 rings (SSSR count). The predicted octanol–water partition coefficient (Wildman–Crippen LogP) is 3.32. The van der Waals surface area contributed by atoms with E-state index in [0.717, 1.165) is 35.0 Å². The number of aryl methyl sites for hydroxylation is 2. The van der Waals surface area contributed by atoms with E-state index in [2.05, 4.69) is 25.8 Å². The molecule has 3 heterocycles. The van der Waals surface area contributed by atoms with Crippen LogP contribution in [0.1, 0.15) is 56.9 Å². The highest BCUT2D eigenvalue weighted by Gasteiger charge is 2.32. The quantitative estimate of drug-likeness (QED) is 0.779. The van der Waals surface area contributed by atoms with Crippen LogP contribution in [0.5, 0.6) is 0 Å². The standard InChI is InChI=1S/C23H31N3O4S/c1-23(2,3)15-4-5-16-17(12-15)31-20-19(16)21(28)26(13-24-20)11-8-18(27)25-9-6-14(7-10-25)22(29)30/h13-15H,4-12H2,1-3H3,(H,29,30). The fraction of sp³-hybridized carbons (Fsp3) is 0.652. The molecule has 0 saturated carbocycles. The number of aliphatic carboxylic acids is 1. The van der Waals surface area contributed by atoms with Crippen molar-refractivity contribution in [2.45, 2.75) is 65.8 Å². The normalized spacial score (nSPS) is 20.1. The van der Waals surface area contributed by atoms with Gasteiger partial charge < -0.3 is 10.0 Å². The van der Waals surface area contributed by atoms with Crippen LogP contribution in [0.2, 0.25) is 0 Å². The Morgan fingerprint density at radius 2 is 1.94 bits per heavy atom. The molecule has 1 aliphatic heterocycles. The monoisotopic (exact) mass is 445 g/mol. The molecule has 0 radical (unpaired) electrons. The first kappa shape index (κ1) is 22.0. The van der Waals surface area contributed by atoms with Crippen LogP contribution >= 0.6 is 11.3 Å². The van der Waals surface area contributed by atoms with E-state index in [1.807, 2.05) is 0 Å². The van der Waals surface area contributed by atoms with E-state index in [-0.39, 0.29) is 29.2 Å². The minimum Gasteiger partial charge on any atom is -0.481 e. The third-order valence-electron chi connectivity index (χ3n) is 7.02. The molecule has 1 amide bonds. The lowest BCUT2D eigenvalue weighted by Crippen LogP contribution is -2.40. The van der Waals surface area contributed by atoms with Crippen LogP contribution in [0.15, 0.2) is 11.1 Å². The van der Waals surface area contributed by atoms with Crippen molar-refractivity contribution in [3.8, 4) is 0 Å². The molecule has 1 fully saturated rings. The summed E-state index contributed by atoms with van der Waals surface area (Å²) in [5, 5.41) is 9.85. The van der Waals surface area contributed by atoms with Crippen LogP contribution in [-0.2, 0) is 29.0 Å². The van der Waals surface area contributed by atoms with Gasteiger partial charge in [-0.1, -0.05) is 20.8 Å². The Kier molecular flexibility index (Phi) is 5.94. The summed E-state index contributed by atoms with van der Waals surface area (Å²) >= 11 is 1.64. The van der Waals surface area contributed by atoms with Gasteiger partial charge in [-0.25, -0.2) is 4.98 Å². The maximum atomic E-state index is 13.2. The first-order valence-corrected chi connectivity index (χ1v) is 12.0. The van der Waals surface area contributed by atoms with Gasteiger partial charge in [-0.2, -0.15) is 0 Å². The Labute approximate surface area is 186 Å². The number of carboxylic acid groups (broad SMARTS) is 1. The average molecular weight is 446 g/mol. The SMILES string of the molecule is CC(C)(C)C1CCc2c(sc3ncn(CCC(=O)N4CCC(C(=O)O)CC4)c(=O)c23)C1. The molecule has 1 aliphatic carbocycles. The first-order valence-electron chi connectivity index (χ1n) is 11.2. The van der Waals surface area contributed by atoms with Crippen molar-refractivity contribution < 1.29 is 14.7 Å². The number of fused-ring (bicyclic) bond motifs is 3. The number of aromatic nitrogens is 2. The summed E-state index contributed by atoms with van der Waals surface area (Å²) in [5.74, 6) is -0.568. The van der Waals surface area contributed by atoms with Gasteiger partial charge in [0.25, 0.3) is 5.56 Å². The predicted molar refractivity (Wildman–Crippen MR) is 120 cm³/mol. The molecule has 1 atom stereocenters. The Hall–Kier alpha value is -2.22. The average Bonchev–Trinajstić information content (AvgIpc) is 3.11. The van der Waals surface area contributed by atoms with E-state index in [0.29, 0.717) is 38.4 Å². The molecule has 31 heavy (non-hydrogen) atoms. The van der Waals surface area contributed by atoms with E-state index in [4.69, 9.17) is 5.11 Å². The van der Waals surface area contributed by atoms with Crippen LogP contribution in [0.4, 0.5) is 0 Å². The molecule has 0 bridgehead atoms. The fourth-order valence-electron chi connectivity index (χ4n) is 4.85. The van der Waals surface area contributed by atoms with Gasteiger partial charge in [0.05, 0.1) is 17.6 Å². The highest BCUT2D eigenvalue weighted by atomic mass is 32.1. The van der Waals surface area contributed by atoms with Crippen LogP contribution in [0.25, 0.3) is 10.2 Å². The van der Waals surface area contributed by atoms with Crippen LogP contribution < -0.4 is 5.56 Å². The number of thiophene rings is 1. The van der Waals surface area contributed by atoms with E-state index in [1.54, 1.807) is 27.1 Å². The number of carboxylic acids is 1. The Balaban J connectivity index is 1.46. The third kappa shape index (κ3) is 4.40. The molecule has 1 saturated heterocycles. The summed E-state index contributed by atoms with van der Waals surface area (Å²) in [4.78, 5) is 45.2. The molecule has 168 valence electrons. The van der Waals surface area contributed by atoms with E-state index >= 15 is 0 Å². The van der Waals surface area contributed by atoms with Crippen molar-refractivity contribution in [1.82, 2.24) is 14.5 Å². The second-order valence-electron chi connectivity index (χ2n) is 9.98. The lowest BCUT2D eigenvalue weighted by atomic mass is 9.72. The lowest BCUT2D eigenvalue weighted by Gasteiger charge is -2.33. The minimum absolute atomic E-state index is 0.0313. The van der Waals surface area contributed by atoms with Crippen molar-refractivity contribution >= 4 is 33.4 Å². The van der Waals surface area contributed by atoms with E-state index in [9.17, 15) is 14.4 Å². The van der Waals surface area contributed by atoms with Gasteiger partial charge in [0.2, 0.25) is 5.91 Å². The van der Waals surface area contributed by atoms with Crippen molar-refractivity contribution in [2.24, 2.45) is 17.3 Å². The summed E-state index contributed by atoms with van der Waals surface area (Å²) < 4.78 is 1.56. The highest BCUT2D eigenvalue weighted by Crippen LogP contribution is 2.41. The number of carbonyl (C=O) groups excluding carboxylic acids is 1. The van der Waals surface area contributed by atoms with Crippen LogP contribution in [0.3, 0.4) is 0 Å². The highest BCUT2D eigenvalue weighted by molar-refractivity contribution is 7.18. The summed E-state index contributed by atoms with van der Waals surface area (Å²) in [5.41, 5.74) is 1.37. The zero-order valence-corrected chi connectivity index (χ0v) is 19.3. The molecule has 2 aromatic heterocycles. The third-order valence-corrected chi connectivity index (χ3v) is 8.19. The van der Waals surface area contributed by atoms with Crippen molar-refractivity contribution in [3.63, 3.8) is 0 Å². The number of carbonyl (C=O) groups is 2. The first-order chi connectivity index (χ1) is 14.6.